The largest absolute Gasteiger partial charge is 0.497 e. The summed E-state index contributed by atoms with van der Waals surface area (Å²) >= 11 is 0. The van der Waals surface area contributed by atoms with E-state index in [-0.39, 0.29) is 18.3 Å². The molecule has 1 saturated carbocycles. The second-order valence-electron chi connectivity index (χ2n) is 5.25. The summed E-state index contributed by atoms with van der Waals surface area (Å²) in [6.45, 7) is 0.389. The second kappa shape index (κ2) is 7.52. The smallest absolute Gasteiger partial charge is 0.231 e. The van der Waals surface area contributed by atoms with Crippen molar-refractivity contribution in [3.05, 3.63) is 18.2 Å². The Bertz CT molecular complexity index is 466. The zero-order valence-electron chi connectivity index (χ0n) is 12.5. The first kappa shape index (κ1) is 17.6. The molecule has 1 amide bonds. The molecular formula is C15H23ClN2O3. The van der Waals surface area contributed by atoms with Gasteiger partial charge in [0.1, 0.15) is 11.5 Å². The lowest BCUT2D eigenvalue weighted by Gasteiger charge is -2.25. The van der Waals surface area contributed by atoms with Crippen molar-refractivity contribution in [1.29, 1.82) is 0 Å². The lowest BCUT2D eigenvalue weighted by molar-refractivity contribution is -0.124. The van der Waals surface area contributed by atoms with E-state index in [1.165, 1.54) is 0 Å². The summed E-state index contributed by atoms with van der Waals surface area (Å²) in [7, 11) is 3.16. The van der Waals surface area contributed by atoms with Crippen molar-refractivity contribution >= 4 is 24.0 Å². The van der Waals surface area contributed by atoms with Gasteiger partial charge in [0.05, 0.1) is 19.6 Å². The molecule has 0 bridgehead atoms. The molecule has 1 aliphatic carbocycles. The van der Waals surface area contributed by atoms with E-state index in [4.69, 9.17) is 15.2 Å². The quantitative estimate of drug-likeness (QED) is 0.876. The number of nitrogens with one attached hydrogen (secondary N) is 1. The number of carbonyl (C=O) groups excluding carboxylic acids is 1. The fourth-order valence-electron chi connectivity index (χ4n) is 2.72. The van der Waals surface area contributed by atoms with E-state index in [0.29, 0.717) is 23.7 Å². The van der Waals surface area contributed by atoms with Gasteiger partial charge in [0.25, 0.3) is 0 Å². The topological polar surface area (TPSA) is 73.6 Å². The van der Waals surface area contributed by atoms with Crippen molar-refractivity contribution in [3.63, 3.8) is 0 Å². The molecule has 21 heavy (non-hydrogen) atoms. The molecule has 118 valence electrons. The van der Waals surface area contributed by atoms with E-state index >= 15 is 0 Å². The van der Waals surface area contributed by atoms with Crippen LogP contribution in [-0.4, -0.2) is 26.7 Å². The summed E-state index contributed by atoms with van der Waals surface area (Å²) in [4.78, 5) is 12.5. The van der Waals surface area contributed by atoms with Gasteiger partial charge in [0, 0.05) is 30.4 Å². The molecule has 5 nitrogen and oxygen atoms in total. The number of benzene rings is 1. The summed E-state index contributed by atoms with van der Waals surface area (Å²) < 4.78 is 10.4. The van der Waals surface area contributed by atoms with Crippen LogP contribution in [-0.2, 0) is 4.79 Å². The van der Waals surface area contributed by atoms with Crippen molar-refractivity contribution in [2.24, 2.45) is 11.1 Å². The number of carbonyl (C=O) groups is 1. The number of nitrogens with two attached hydrogens (primary N) is 1. The lowest BCUT2D eigenvalue weighted by Crippen LogP contribution is -2.40. The summed E-state index contributed by atoms with van der Waals surface area (Å²) in [6, 6.07) is 5.32. The number of halogens is 1. The van der Waals surface area contributed by atoms with Crippen LogP contribution in [0.25, 0.3) is 0 Å². The highest BCUT2D eigenvalue weighted by Gasteiger charge is 2.39. The molecule has 0 radical (unpaired) electrons. The van der Waals surface area contributed by atoms with Crippen LogP contribution < -0.4 is 20.5 Å². The summed E-state index contributed by atoms with van der Waals surface area (Å²) in [6.07, 6.45) is 3.84. The highest BCUT2D eigenvalue weighted by atomic mass is 35.5. The van der Waals surface area contributed by atoms with Crippen molar-refractivity contribution < 1.29 is 14.3 Å². The van der Waals surface area contributed by atoms with Crippen LogP contribution in [0.3, 0.4) is 0 Å². The molecule has 2 rings (SSSR count). The molecule has 1 aromatic rings. The van der Waals surface area contributed by atoms with Crippen molar-refractivity contribution in [3.8, 4) is 11.5 Å². The van der Waals surface area contributed by atoms with Crippen molar-refractivity contribution in [2.45, 2.75) is 25.7 Å². The van der Waals surface area contributed by atoms with Gasteiger partial charge in [-0.2, -0.15) is 0 Å². The van der Waals surface area contributed by atoms with Gasteiger partial charge < -0.3 is 20.5 Å². The Balaban J connectivity index is 0.00000220. The van der Waals surface area contributed by atoms with Gasteiger partial charge in [0.15, 0.2) is 0 Å². The molecule has 1 aliphatic rings. The minimum Gasteiger partial charge on any atom is -0.497 e. The van der Waals surface area contributed by atoms with E-state index in [0.717, 1.165) is 25.7 Å². The van der Waals surface area contributed by atoms with E-state index < -0.39 is 5.41 Å². The van der Waals surface area contributed by atoms with Gasteiger partial charge in [-0.25, -0.2) is 0 Å². The molecule has 6 heteroatoms. The Morgan fingerprint density at radius 3 is 2.14 bits per heavy atom. The molecule has 3 N–H and O–H groups in total. The number of amides is 1. The average molecular weight is 315 g/mol. The molecule has 0 heterocycles. The third kappa shape index (κ3) is 3.80. The van der Waals surface area contributed by atoms with Crippen molar-refractivity contribution in [2.75, 3.05) is 26.1 Å². The molecular weight excluding hydrogens is 292 g/mol. The van der Waals surface area contributed by atoms with Crippen LogP contribution in [0.4, 0.5) is 5.69 Å². The van der Waals surface area contributed by atoms with Gasteiger partial charge in [-0.05, 0) is 12.8 Å². The number of methoxy groups -OCH3 is 2. The molecule has 1 aromatic carbocycles. The van der Waals surface area contributed by atoms with Crippen molar-refractivity contribution in [1.82, 2.24) is 0 Å². The summed E-state index contributed by atoms with van der Waals surface area (Å²) in [5.41, 5.74) is 6.08. The molecule has 1 fully saturated rings. The molecule has 0 unspecified atom stereocenters. The summed E-state index contributed by atoms with van der Waals surface area (Å²) in [5, 5.41) is 2.95. The Morgan fingerprint density at radius 1 is 1.19 bits per heavy atom. The average Bonchev–Trinajstić information content (AvgIpc) is 2.97. The Labute approximate surface area is 131 Å². The molecule has 0 aromatic heterocycles. The molecule has 0 spiro atoms. The second-order valence-corrected chi connectivity index (χ2v) is 5.25. The van der Waals surface area contributed by atoms with Gasteiger partial charge in [-0.15, -0.1) is 12.4 Å². The van der Waals surface area contributed by atoms with E-state index in [2.05, 4.69) is 5.32 Å². The fourth-order valence-corrected chi connectivity index (χ4v) is 2.72. The summed E-state index contributed by atoms with van der Waals surface area (Å²) in [5.74, 6) is 1.29. The first-order valence-electron chi connectivity index (χ1n) is 6.88. The predicted octanol–water partition coefficient (Wildman–Crippen LogP) is 2.58. The Hall–Kier alpha value is -1.46. The minimum atomic E-state index is -0.420. The molecule has 0 atom stereocenters. The maximum Gasteiger partial charge on any atom is 0.231 e. The van der Waals surface area contributed by atoms with Gasteiger partial charge in [-0.1, -0.05) is 12.8 Å². The highest BCUT2D eigenvalue weighted by molar-refractivity contribution is 5.96. The highest BCUT2D eigenvalue weighted by Crippen LogP contribution is 2.38. The maximum atomic E-state index is 12.5. The first-order valence-corrected chi connectivity index (χ1v) is 6.88. The normalized spacial score (nSPS) is 16.0. The lowest BCUT2D eigenvalue weighted by atomic mass is 9.85. The van der Waals surface area contributed by atoms with E-state index in [9.17, 15) is 4.79 Å². The van der Waals surface area contributed by atoms with Gasteiger partial charge >= 0.3 is 0 Å². The van der Waals surface area contributed by atoms with Gasteiger partial charge in [-0.3, -0.25) is 4.79 Å². The number of anilines is 1. The Morgan fingerprint density at radius 2 is 1.71 bits per heavy atom. The van der Waals surface area contributed by atoms with E-state index in [1.54, 1.807) is 32.4 Å². The maximum absolute atomic E-state index is 12.5. The number of rotatable bonds is 5. The SMILES string of the molecule is COc1cc(NC(=O)C2(CN)CCCC2)cc(OC)c1.Cl. The van der Waals surface area contributed by atoms with Crippen LogP contribution in [0.5, 0.6) is 11.5 Å². The zero-order valence-corrected chi connectivity index (χ0v) is 13.3. The van der Waals surface area contributed by atoms with Crippen LogP contribution >= 0.6 is 12.4 Å². The van der Waals surface area contributed by atoms with Crippen LogP contribution in [0.2, 0.25) is 0 Å². The zero-order chi connectivity index (χ0) is 14.6. The van der Waals surface area contributed by atoms with E-state index in [1.807, 2.05) is 0 Å². The third-order valence-corrected chi connectivity index (χ3v) is 4.04. The molecule has 0 aliphatic heterocycles. The van der Waals surface area contributed by atoms with Crippen LogP contribution in [0.1, 0.15) is 25.7 Å². The Kier molecular flexibility index (Phi) is 6.30. The van der Waals surface area contributed by atoms with Gasteiger partial charge in [0.2, 0.25) is 5.91 Å². The standard InChI is InChI=1S/C15H22N2O3.ClH/c1-19-12-7-11(8-13(9-12)20-2)17-14(18)15(10-16)5-3-4-6-15;/h7-9H,3-6,10,16H2,1-2H3,(H,17,18);1H. The number of hydrogen-bond donors (Lipinski definition) is 2. The first-order chi connectivity index (χ1) is 9.63. The van der Waals surface area contributed by atoms with Crippen LogP contribution in [0, 0.1) is 5.41 Å². The monoisotopic (exact) mass is 314 g/mol. The predicted molar refractivity (Wildman–Crippen MR) is 85.4 cm³/mol. The van der Waals surface area contributed by atoms with Crippen LogP contribution in [0.15, 0.2) is 18.2 Å². The number of ether oxygens (including phenoxy) is 2. The fraction of sp³-hybridized carbons (Fsp3) is 0.533. The number of hydrogen-bond acceptors (Lipinski definition) is 4. The molecule has 0 saturated heterocycles. The minimum absolute atomic E-state index is 0. The third-order valence-electron chi connectivity index (χ3n) is 4.04.